The van der Waals surface area contributed by atoms with Crippen molar-refractivity contribution in [1.82, 2.24) is 20.4 Å². The standard InChI is InChI=1S/C13H21BrN4O/c1-3-10-13(14)11(18(2)17-10)8-15-7-6-12(19)16-9-4-5-9/h9,15H,3-8H2,1-2H3,(H,16,19). The van der Waals surface area contributed by atoms with Crippen molar-refractivity contribution < 1.29 is 4.79 Å². The largest absolute Gasteiger partial charge is 0.353 e. The van der Waals surface area contributed by atoms with E-state index in [1.807, 2.05) is 11.7 Å². The maximum Gasteiger partial charge on any atom is 0.221 e. The minimum atomic E-state index is 0.147. The Morgan fingerprint density at radius 3 is 2.84 bits per heavy atom. The van der Waals surface area contributed by atoms with E-state index in [2.05, 4.69) is 38.6 Å². The van der Waals surface area contributed by atoms with Crippen LogP contribution in [0.15, 0.2) is 4.47 Å². The third kappa shape index (κ3) is 4.04. The molecule has 0 radical (unpaired) electrons. The summed E-state index contributed by atoms with van der Waals surface area (Å²) >= 11 is 3.58. The zero-order valence-electron chi connectivity index (χ0n) is 11.5. The molecule has 0 saturated heterocycles. The third-order valence-corrected chi connectivity index (χ3v) is 4.18. The van der Waals surface area contributed by atoms with Crippen molar-refractivity contribution in [3.63, 3.8) is 0 Å². The lowest BCUT2D eigenvalue weighted by Gasteiger charge is -2.06. The van der Waals surface area contributed by atoms with Gasteiger partial charge < -0.3 is 10.6 Å². The van der Waals surface area contributed by atoms with Crippen LogP contribution in [0.25, 0.3) is 0 Å². The molecular weight excluding hydrogens is 308 g/mol. The first-order chi connectivity index (χ1) is 9.11. The van der Waals surface area contributed by atoms with Crippen LogP contribution in [0.1, 0.15) is 37.6 Å². The van der Waals surface area contributed by atoms with Gasteiger partial charge in [-0.2, -0.15) is 5.10 Å². The van der Waals surface area contributed by atoms with Crippen molar-refractivity contribution in [2.45, 2.75) is 45.2 Å². The van der Waals surface area contributed by atoms with E-state index in [0.717, 1.165) is 41.7 Å². The highest BCUT2D eigenvalue weighted by molar-refractivity contribution is 9.10. The van der Waals surface area contributed by atoms with Gasteiger partial charge >= 0.3 is 0 Å². The fourth-order valence-corrected chi connectivity index (χ4v) is 2.70. The number of carbonyl (C=O) groups is 1. The summed E-state index contributed by atoms with van der Waals surface area (Å²) in [7, 11) is 1.95. The summed E-state index contributed by atoms with van der Waals surface area (Å²) in [5.74, 6) is 0.147. The summed E-state index contributed by atoms with van der Waals surface area (Å²) < 4.78 is 2.97. The highest BCUT2D eigenvalue weighted by atomic mass is 79.9. The average Bonchev–Trinajstić information content (AvgIpc) is 3.14. The number of nitrogens with zero attached hydrogens (tertiary/aromatic N) is 2. The van der Waals surface area contributed by atoms with Crippen LogP contribution in [0, 0.1) is 0 Å². The van der Waals surface area contributed by atoms with Gasteiger partial charge in [0, 0.05) is 32.6 Å². The third-order valence-electron chi connectivity index (χ3n) is 3.27. The molecule has 0 bridgehead atoms. The van der Waals surface area contributed by atoms with Crippen LogP contribution in [0.3, 0.4) is 0 Å². The summed E-state index contributed by atoms with van der Waals surface area (Å²) in [6.45, 7) is 3.50. The Morgan fingerprint density at radius 1 is 1.53 bits per heavy atom. The predicted octanol–water partition coefficient (Wildman–Crippen LogP) is 1.50. The smallest absolute Gasteiger partial charge is 0.221 e. The van der Waals surface area contributed by atoms with E-state index in [9.17, 15) is 4.79 Å². The van der Waals surface area contributed by atoms with Crippen LogP contribution in [0.5, 0.6) is 0 Å². The van der Waals surface area contributed by atoms with Gasteiger partial charge in [0.2, 0.25) is 5.91 Å². The highest BCUT2D eigenvalue weighted by Gasteiger charge is 2.22. The number of hydrogen-bond donors (Lipinski definition) is 2. The molecule has 1 aliphatic carbocycles. The first kappa shape index (κ1) is 14.5. The Balaban J connectivity index is 1.72. The van der Waals surface area contributed by atoms with Crippen molar-refractivity contribution in [2.75, 3.05) is 6.54 Å². The second-order valence-electron chi connectivity index (χ2n) is 4.95. The van der Waals surface area contributed by atoms with Gasteiger partial charge in [0.25, 0.3) is 0 Å². The van der Waals surface area contributed by atoms with Crippen LogP contribution in [0.2, 0.25) is 0 Å². The number of aromatic nitrogens is 2. The molecule has 5 nitrogen and oxygen atoms in total. The SMILES string of the molecule is CCc1nn(C)c(CNCCC(=O)NC2CC2)c1Br. The molecule has 1 saturated carbocycles. The van der Waals surface area contributed by atoms with E-state index < -0.39 is 0 Å². The fourth-order valence-electron chi connectivity index (χ4n) is 1.95. The van der Waals surface area contributed by atoms with Gasteiger partial charge in [-0.3, -0.25) is 9.48 Å². The number of aryl methyl sites for hydroxylation is 2. The Morgan fingerprint density at radius 2 is 2.26 bits per heavy atom. The molecule has 2 rings (SSSR count). The molecule has 1 fully saturated rings. The summed E-state index contributed by atoms with van der Waals surface area (Å²) in [6.07, 6.45) is 3.73. The fraction of sp³-hybridized carbons (Fsp3) is 0.692. The first-order valence-corrected chi connectivity index (χ1v) is 7.61. The lowest BCUT2D eigenvalue weighted by atomic mass is 10.3. The van der Waals surface area contributed by atoms with Crippen molar-refractivity contribution in [3.05, 3.63) is 15.9 Å². The van der Waals surface area contributed by atoms with Gasteiger partial charge in [-0.15, -0.1) is 0 Å². The molecule has 0 aliphatic heterocycles. The quantitative estimate of drug-likeness (QED) is 0.746. The normalized spacial score (nSPS) is 14.7. The summed E-state index contributed by atoms with van der Waals surface area (Å²) in [4.78, 5) is 11.5. The Labute approximate surface area is 122 Å². The van der Waals surface area contributed by atoms with Crippen molar-refractivity contribution in [3.8, 4) is 0 Å². The van der Waals surface area contributed by atoms with Crippen molar-refractivity contribution >= 4 is 21.8 Å². The predicted molar refractivity (Wildman–Crippen MR) is 77.8 cm³/mol. The molecule has 0 aromatic carbocycles. The van der Waals surface area contributed by atoms with Gasteiger partial charge in [0.1, 0.15) is 0 Å². The second-order valence-corrected chi connectivity index (χ2v) is 5.75. The van der Waals surface area contributed by atoms with Crippen LogP contribution >= 0.6 is 15.9 Å². The minimum absolute atomic E-state index is 0.147. The maximum atomic E-state index is 11.5. The monoisotopic (exact) mass is 328 g/mol. The zero-order chi connectivity index (χ0) is 13.8. The number of hydrogen-bond acceptors (Lipinski definition) is 3. The molecule has 1 aliphatic rings. The molecule has 1 aromatic heterocycles. The lowest BCUT2D eigenvalue weighted by molar-refractivity contribution is -0.121. The Kier molecular flexibility index (Phi) is 4.99. The van der Waals surface area contributed by atoms with Gasteiger partial charge in [-0.25, -0.2) is 0 Å². The summed E-state index contributed by atoms with van der Waals surface area (Å²) in [6, 6.07) is 0.450. The molecule has 2 N–H and O–H groups in total. The number of carbonyl (C=O) groups excluding carboxylic acids is 1. The van der Waals surface area contributed by atoms with E-state index in [0.29, 0.717) is 19.0 Å². The maximum absolute atomic E-state index is 11.5. The molecule has 106 valence electrons. The van der Waals surface area contributed by atoms with Gasteiger partial charge in [-0.1, -0.05) is 6.92 Å². The minimum Gasteiger partial charge on any atom is -0.353 e. The summed E-state index contributed by atoms with van der Waals surface area (Å²) in [5.41, 5.74) is 2.20. The molecule has 6 heteroatoms. The molecular formula is C13H21BrN4O. The van der Waals surface area contributed by atoms with Gasteiger partial charge in [-0.05, 0) is 35.2 Å². The van der Waals surface area contributed by atoms with E-state index >= 15 is 0 Å². The molecule has 19 heavy (non-hydrogen) atoms. The van der Waals surface area contributed by atoms with E-state index in [1.165, 1.54) is 0 Å². The number of halogens is 1. The Hall–Kier alpha value is -0.880. The van der Waals surface area contributed by atoms with Gasteiger partial charge in [0.15, 0.2) is 0 Å². The first-order valence-electron chi connectivity index (χ1n) is 6.82. The van der Waals surface area contributed by atoms with E-state index in [4.69, 9.17) is 0 Å². The van der Waals surface area contributed by atoms with E-state index in [-0.39, 0.29) is 5.91 Å². The highest BCUT2D eigenvalue weighted by Crippen LogP contribution is 2.21. The molecule has 0 unspecified atom stereocenters. The lowest BCUT2D eigenvalue weighted by Crippen LogP contribution is -2.29. The second kappa shape index (κ2) is 6.52. The molecule has 0 spiro atoms. The van der Waals surface area contributed by atoms with Crippen LogP contribution in [-0.2, 0) is 24.8 Å². The number of nitrogens with one attached hydrogen (secondary N) is 2. The zero-order valence-corrected chi connectivity index (χ0v) is 13.1. The molecule has 1 amide bonds. The van der Waals surface area contributed by atoms with E-state index in [1.54, 1.807) is 0 Å². The molecule has 1 heterocycles. The topological polar surface area (TPSA) is 59.0 Å². The van der Waals surface area contributed by atoms with Crippen LogP contribution < -0.4 is 10.6 Å². The Bertz CT molecular complexity index is 454. The molecule has 0 atom stereocenters. The van der Waals surface area contributed by atoms with Crippen molar-refractivity contribution in [2.24, 2.45) is 7.05 Å². The average molecular weight is 329 g/mol. The van der Waals surface area contributed by atoms with Crippen molar-refractivity contribution in [1.29, 1.82) is 0 Å². The number of rotatable bonds is 7. The van der Waals surface area contributed by atoms with Gasteiger partial charge in [0.05, 0.1) is 15.9 Å². The molecule has 1 aromatic rings. The van der Waals surface area contributed by atoms with Crippen LogP contribution in [0.4, 0.5) is 0 Å². The summed E-state index contributed by atoms with van der Waals surface area (Å²) in [5, 5.41) is 10.7. The number of amides is 1. The van der Waals surface area contributed by atoms with Crippen LogP contribution in [-0.4, -0.2) is 28.3 Å².